The summed E-state index contributed by atoms with van der Waals surface area (Å²) in [4.78, 5) is 31.0. The molecule has 2 amide bonds. The number of rotatable bonds is 7. The third-order valence-corrected chi connectivity index (χ3v) is 6.14. The molecule has 1 saturated heterocycles. The minimum atomic E-state index is -0.468. The number of H-pyrrole nitrogens is 1. The van der Waals surface area contributed by atoms with Crippen LogP contribution in [0.2, 0.25) is 0 Å². The molecule has 1 aliphatic carbocycles. The summed E-state index contributed by atoms with van der Waals surface area (Å²) in [5.74, 6) is 0.712. The summed E-state index contributed by atoms with van der Waals surface area (Å²) >= 11 is 0. The van der Waals surface area contributed by atoms with Gasteiger partial charge in [0.1, 0.15) is 17.9 Å². The molecule has 2 atom stereocenters. The number of para-hydroxylation sites is 2. The lowest BCUT2D eigenvalue weighted by molar-refractivity contribution is -0.138. The van der Waals surface area contributed by atoms with Gasteiger partial charge in [-0.05, 0) is 43.0 Å². The standard InChI is InChI=1S/C25H27N3O3/c29-24(13-10-17-15-26-22-9-5-4-8-21(17)22)28-16-20(31-19-6-2-1-3-7-19)14-23(28)25(30)27-18-11-12-18/h1-9,15,18,20,23,26H,10-14,16H2,(H,27,30)/t20-,23-/m0/s1. The molecule has 0 spiro atoms. The van der Waals surface area contributed by atoms with Gasteiger partial charge in [0, 0.05) is 36.0 Å². The second-order valence-corrected chi connectivity index (χ2v) is 8.49. The molecule has 2 N–H and O–H groups in total. The van der Waals surface area contributed by atoms with E-state index in [0.717, 1.165) is 35.1 Å². The molecule has 3 aromatic rings. The lowest BCUT2D eigenvalue weighted by Crippen LogP contribution is -2.46. The van der Waals surface area contributed by atoms with Gasteiger partial charge in [-0.3, -0.25) is 9.59 Å². The van der Waals surface area contributed by atoms with Crippen molar-refractivity contribution in [3.8, 4) is 5.75 Å². The van der Waals surface area contributed by atoms with Gasteiger partial charge in [0.15, 0.2) is 0 Å². The maximum absolute atomic E-state index is 13.2. The minimum absolute atomic E-state index is 0.000361. The highest BCUT2D eigenvalue weighted by molar-refractivity contribution is 5.89. The van der Waals surface area contributed by atoms with Crippen LogP contribution in [0.1, 0.15) is 31.2 Å². The first-order chi connectivity index (χ1) is 15.2. The zero-order valence-electron chi connectivity index (χ0n) is 17.4. The Morgan fingerprint density at radius 3 is 2.65 bits per heavy atom. The quantitative estimate of drug-likeness (QED) is 0.619. The van der Waals surface area contributed by atoms with Gasteiger partial charge in [0.2, 0.25) is 11.8 Å². The minimum Gasteiger partial charge on any atom is -0.488 e. The van der Waals surface area contributed by atoms with Crippen molar-refractivity contribution in [2.45, 2.75) is 50.3 Å². The van der Waals surface area contributed by atoms with Crippen LogP contribution in [-0.2, 0) is 16.0 Å². The van der Waals surface area contributed by atoms with Crippen molar-refractivity contribution < 1.29 is 14.3 Å². The van der Waals surface area contributed by atoms with Gasteiger partial charge in [-0.15, -0.1) is 0 Å². The van der Waals surface area contributed by atoms with Gasteiger partial charge in [-0.2, -0.15) is 0 Å². The number of benzene rings is 2. The van der Waals surface area contributed by atoms with E-state index in [1.807, 2.05) is 54.7 Å². The number of aromatic amines is 1. The first kappa shape index (κ1) is 19.7. The largest absolute Gasteiger partial charge is 0.488 e. The molecule has 6 heteroatoms. The van der Waals surface area contributed by atoms with Crippen molar-refractivity contribution >= 4 is 22.7 Å². The molecule has 2 aromatic carbocycles. The number of carbonyl (C=O) groups is 2. The van der Waals surface area contributed by atoms with E-state index in [1.54, 1.807) is 4.90 Å². The van der Waals surface area contributed by atoms with Gasteiger partial charge < -0.3 is 19.9 Å². The molecular weight excluding hydrogens is 390 g/mol. The van der Waals surface area contributed by atoms with Crippen molar-refractivity contribution in [3.05, 3.63) is 66.4 Å². The summed E-state index contributed by atoms with van der Waals surface area (Å²) in [6.45, 7) is 0.435. The van der Waals surface area contributed by atoms with Crippen LogP contribution in [-0.4, -0.2) is 46.4 Å². The normalized spacial score (nSPS) is 20.7. The molecule has 2 aliphatic rings. The SMILES string of the molecule is O=C(NC1CC1)[C@@H]1C[C@H](Oc2ccccc2)CN1C(=O)CCc1c[nH]c2ccccc12. The zero-order chi connectivity index (χ0) is 21.2. The third kappa shape index (κ3) is 4.43. The first-order valence-corrected chi connectivity index (χ1v) is 11.0. The molecule has 2 fully saturated rings. The fraction of sp³-hybridized carbons (Fsp3) is 0.360. The Kier molecular flexibility index (Phi) is 5.37. The van der Waals surface area contributed by atoms with Crippen LogP contribution in [0.4, 0.5) is 0 Å². The number of aryl methyl sites for hydroxylation is 1. The number of nitrogens with zero attached hydrogens (tertiary/aromatic N) is 1. The summed E-state index contributed by atoms with van der Waals surface area (Å²) < 4.78 is 6.09. The van der Waals surface area contributed by atoms with Gasteiger partial charge >= 0.3 is 0 Å². The van der Waals surface area contributed by atoms with Crippen LogP contribution in [0.25, 0.3) is 10.9 Å². The van der Waals surface area contributed by atoms with E-state index in [0.29, 0.717) is 25.8 Å². The Balaban J connectivity index is 1.27. The Morgan fingerprint density at radius 2 is 1.84 bits per heavy atom. The van der Waals surface area contributed by atoms with Crippen molar-refractivity contribution in [2.24, 2.45) is 0 Å². The molecular formula is C25H27N3O3. The van der Waals surface area contributed by atoms with Crippen molar-refractivity contribution in [1.29, 1.82) is 0 Å². The van der Waals surface area contributed by atoms with Gasteiger partial charge in [-0.1, -0.05) is 36.4 Å². The summed E-state index contributed by atoms with van der Waals surface area (Å²) in [7, 11) is 0. The average molecular weight is 418 g/mol. The molecule has 0 bridgehead atoms. The van der Waals surface area contributed by atoms with Crippen molar-refractivity contribution in [1.82, 2.24) is 15.2 Å². The number of carbonyl (C=O) groups excluding carboxylic acids is 2. The zero-order valence-corrected chi connectivity index (χ0v) is 17.4. The average Bonchev–Trinajstić information content (AvgIpc) is 3.35. The van der Waals surface area contributed by atoms with Gasteiger partial charge in [-0.25, -0.2) is 0 Å². The van der Waals surface area contributed by atoms with Crippen molar-refractivity contribution in [3.63, 3.8) is 0 Å². The molecule has 6 nitrogen and oxygen atoms in total. The van der Waals surface area contributed by atoms with Gasteiger partial charge in [0.25, 0.3) is 0 Å². The highest BCUT2D eigenvalue weighted by Gasteiger charge is 2.41. The highest BCUT2D eigenvalue weighted by atomic mass is 16.5. The Hall–Kier alpha value is -3.28. The number of nitrogens with one attached hydrogen (secondary N) is 2. The maximum atomic E-state index is 13.2. The van der Waals surface area contributed by atoms with E-state index < -0.39 is 6.04 Å². The summed E-state index contributed by atoms with van der Waals surface area (Å²) in [5.41, 5.74) is 2.20. The lowest BCUT2D eigenvalue weighted by Gasteiger charge is -2.23. The summed E-state index contributed by atoms with van der Waals surface area (Å²) in [5, 5.41) is 4.21. The number of fused-ring (bicyclic) bond motifs is 1. The number of hydrogen-bond acceptors (Lipinski definition) is 3. The molecule has 160 valence electrons. The molecule has 1 saturated carbocycles. The Morgan fingerprint density at radius 1 is 1.06 bits per heavy atom. The van der Waals surface area contributed by atoms with E-state index in [-0.39, 0.29) is 24.0 Å². The molecule has 5 rings (SSSR count). The smallest absolute Gasteiger partial charge is 0.243 e. The fourth-order valence-corrected chi connectivity index (χ4v) is 4.35. The number of amides is 2. The molecule has 0 radical (unpaired) electrons. The molecule has 2 heterocycles. The van der Waals surface area contributed by atoms with E-state index in [2.05, 4.69) is 16.4 Å². The Labute approximate surface area is 181 Å². The van der Waals surface area contributed by atoms with Crippen molar-refractivity contribution in [2.75, 3.05) is 6.54 Å². The molecule has 0 unspecified atom stereocenters. The van der Waals surface area contributed by atoms with E-state index in [1.165, 1.54) is 0 Å². The number of aromatic nitrogens is 1. The second-order valence-electron chi connectivity index (χ2n) is 8.49. The number of hydrogen-bond donors (Lipinski definition) is 2. The van der Waals surface area contributed by atoms with Crippen LogP contribution in [0.5, 0.6) is 5.75 Å². The highest BCUT2D eigenvalue weighted by Crippen LogP contribution is 2.27. The maximum Gasteiger partial charge on any atom is 0.243 e. The lowest BCUT2D eigenvalue weighted by atomic mass is 10.1. The summed E-state index contributed by atoms with van der Waals surface area (Å²) in [6, 6.07) is 17.5. The monoisotopic (exact) mass is 417 g/mol. The molecule has 1 aromatic heterocycles. The van der Waals surface area contributed by atoms with Crippen LogP contribution >= 0.6 is 0 Å². The van der Waals surface area contributed by atoms with Crippen LogP contribution < -0.4 is 10.1 Å². The summed E-state index contributed by atoms with van der Waals surface area (Å²) in [6.07, 6.45) is 5.36. The Bertz CT molecular complexity index is 1070. The van der Waals surface area contributed by atoms with E-state index in [4.69, 9.17) is 4.74 Å². The predicted octanol–water partition coefficient (Wildman–Crippen LogP) is 3.43. The predicted molar refractivity (Wildman–Crippen MR) is 119 cm³/mol. The second kappa shape index (κ2) is 8.46. The number of ether oxygens (including phenoxy) is 1. The number of likely N-dealkylation sites (tertiary alicyclic amines) is 1. The fourth-order valence-electron chi connectivity index (χ4n) is 4.35. The van der Waals surface area contributed by atoms with Gasteiger partial charge in [0.05, 0.1) is 6.54 Å². The van der Waals surface area contributed by atoms with Crippen LogP contribution in [0, 0.1) is 0 Å². The van der Waals surface area contributed by atoms with Crippen LogP contribution in [0.15, 0.2) is 60.8 Å². The third-order valence-electron chi connectivity index (χ3n) is 6.14. The first-order valence-electron chi connectivity index (χ1n) is 11.0. The topological polar surface area (TPSA) is 74.4 Å². The molecule has 1 aliphatic heterocycles. The van der Waals surface area contributed by atoms with E-state index >= 15 is 0 Å². The molecule has 31 heavy (non-hydrogen) atoms. The van der Waals surface area contributed by atoms with E-state index in [9.17, 15) is 9.59 Å². The van der Waals surface area contributed by atoms with Crippen LogP contribution in [0.3, 0.4) is 0 Å².